The van der Waals surface area contributed by atoms with E-state index in [9.17, 15) is 19.8 Å². The average molecular weight is 894 g/mol. The molecule has 2 aliphatic carbocycles. The molecule has 62 heavy (non-hydrogen) atoms. The van der Waals surface area contributed by atoms with E-state index in [1.807, 2.05) is 0 Å². The molecule has 0 amide bonds. The third-order valence-electron chi connectivity index (χ3n) is 11.2. The van der Waals surface area contributed by atoms with Gasteiger partial charge >= 0.3 is 11.9 Å². The van der Waals surface area contributed by atoms with Gasteiger partial charge in [-0.1, -0.05) is 36.4 Å². The smallest absolute Gasteiger partial charge is 0.308 e. The van der Waals surface area contributed by atoms with Crippen LogP contribution in [0.2, 0.25) is 0 Å². The number of hydrogen-bond acceptors (Lipinski definition) is 12. The number of carboxylic acids is 1. The van der Waals surface area contributed by atoms with Crippen LogP contribution in [0.3, 0.4) is 0 Å². The summed E-state index contributed by atoms with van der Waals surface area (Å²) >= 11 is 0. The van der Waals surface area contributed by atoms with Gasteiger partial charge < -0.3 is 44.3 Å². The fourth-order valence-electron chi connectivity index (χ4n) is 7.59. The molecule has 0 spiro atoms. The number of carbonyl (C=O) groups excluding carboxylic acids is 1. The third-order valence-corrected chi connectivity index (χ3v) is 11.2. The molecule has 2 fully saturated rings. The van der Waals surface area contributed by atoms with Crippen molar-refractivity contribution in [3.63, 3.8) is 0 Å². The van der Waals surface area contributed by atoms with Gasteiger partial charge in [0, 0.05) is 35.3 Å². The normalized spacial score (nSPS) is 14.2. The van der Waals surface area contributed by atoms with Crippen molar-refractivity contribution in [2.75, 3.05) is 27.4 Å². The van der Waals surface area contributed by atoms with Crippen LogP contribution in [0, 0.1) is 13.8 Å². The van der Waals surface area contributed by atoms with Crippen LogP contribution in [0.15, 0.2) is 48.5 Å². The summed E-state index contributed by atoms with van der Waals surface area (Å²) in [6, 6.07) is 16.7. The van der Waals surface area contributed by atoms with Gasteiger partial charge in [0.15, 0.2) is 0 Å². The number of esters is 1. The lowest BCUT2D eigenvalue weighted by Gasteiger charge is -2.19. The number of hydrogen-bond donors (Lipinski definition) is 4. The molecule has 338 valence electrons. The fraction of sp³-hybridized carbons (Fsp3) is 0.489. The molecule has 0 aliphatic heterocycles. The molecule has 2 heterocycles. The molecule has 13 nitrogen and oxygen atoms in total. The largest absolute Gasteiger partial charge is 0.481 e. The maximum absolute atomic E-state index is 11.7. The van der Waals surface area contributed by atoms with E-state index in [4.69, 9.17) is 38.8 Å². The topological polar surface area (TPSA) is 179 Å². The summed E-state index contributed by atoms with van der Waals surface area (Å²) < 4.78 is 29.2. The van der Waals surface area contributed by atoms with Crippen LogP contribution in [-0.4, -0.2) is 76.8 Å². The summed E-state index contributed by atoms with van der Waals surface area (Å²) in [5.41, 5.74) is 10.4. The van der Waals surface area contributed by atoms with E-state index in [-0.39, 0.29) is 53.0 Å². The van der Waals surface area contributed by atoms with Crippen molar-refractivity contribution in [1.29, 1.82) is 0 Å². The number of nitrogens with one attached hydrogen (secondary N) is 1. The van der Waals surface area contributed by atoms with Gasteiger partial charge in [-0.25, -0.2) is 0 Å². The van der Waals surface area contributed by atoms with Crippen molar-refractivity contribution < 1.29 is 48.6 Å². The molecule has 2 atom stereocenters. The number of aliphatic carboxylic acids is 1. The van der Waals surface area contributed by atoms with Crippen LogP contribution in [0.5, 0.6) is 23.5 Å². The van der Waals surface area contributed by atoms with E-state index in [1.165, 1.54) is 0 Å². The first-order valence-corrected chi connectivity index (χ1v) is 21.0. The lowest BCUT2D eigenvalue weighted by Crippen LogP contribution is -2.29. The molecular weight excluding hydrogens is 831 g/mol. The van der Waals surface area contributed by atoms with Gasteiger partial charge in [-0.3, -0.25) is 9.59 Å². The molecule has 2 saturated carbocycles. The highest BCUT2D eigenvalue weighted by atomic mass is 32.1. The summed E-state index contributed by atoms with van der Waals surface area (Å²) in [5, 5.41) is 32.5. The summed E-state index contributed by atoms with van der Waals surface area (Å²) in [5.74, 6) is 1.34. The second kappa shape index (κ2) is 23.8. The van der Waals surface area contributed by atoms with E-state index in [2.05, 4.69) is 67.7 Å². The number of aliphatic hydroxyl groups excluding tert-OH is 2. The summed E-state index contributed by atoms with van der Waals surface area (Å²) in [7, 11) is 3.17. The van der Waals surface area contributed by atoms with Gasteiger partial charge in [0.25, 0.3) is 0 Å². The van der Waals surface area contributed by atoms with Crippen LogP contribution >= 0.6 is 27.0 Å². The number of methoxy groups -OCH3 is 2. The Hall–Kier alpha value is -4.54. The van der Waals surface area contributed by atoms with Gasteiger partial charge in [-0.2, -0.15) is 37.0 Å². The minimum absolute atomic E-state index is 0. The Balaban J connectivity index is 0.00000422. The zero-order valence-corrected chi connectivity index (χ0v) is 38.4. The summed E-state index contributed by atoms with van der Waals surface area (Å²) in [4.78, 5) is 32.3. The second-order valence-electron chi connectivity index (χ2n) is 15.8. The lowest BCUT2D eigenvalue weighted by molar-refractivity contribution is -0.145. The van der Waals surface area contributed by atoms with Crippen molar-refractivity contribution in [1.82, 2.24) is 15.3 Å². The SMILES string of the molecule is CCOC(=O)C[C@H](O)CNCc1cc(C2CC2)c(OCc2cccc(-c3cccc(COc4nc(OC)c(CCC[C@@H](O)CC(=O)O)cc4C4CC4)c3C)c2C)nc1OC.S.S. The molecule has 0 unspecified atom stereocenters. The number of benzene rings is 2. The number of ether oxygens (including phenoxy) is 5. The van der Waals surface area contributed by atoms with Crippen LogP contribution < -0.4 is 24.3 Å². The molecule has 4 aromatic rings. The molecule has 6 rings (SSSR count). The fourth-order valence-corrected chi connectivity index (χ4v) is 7.59. The number of carbonyl (C=O) groups is 2. The van der Waals surface area contributed by atoms with Crippen molar-refractivity contribution in [2.45, 2.75) is 122 Å². The molecule has 0 radical (unpaired) electrons. The number of rotatable bonds is 24. The van der Waals surface area contributed by atoms with Gasteiger partial charge in [0.2, 0.25) is 23.5 Å². The first-order valence-electron chi connectivity index (χ1n) is 21.0. The minimum Gasteiger partial charge on any atom is -0.481 e. The Labute approximate surface area is 378 Å². The molecule has 2 aromatic heterocycles. The summed E-state index contributed by atoms with van der Waals surface area (Å²) in [6.07, 6.45) is 3.77. The molecule has 15 heteroatoms. The van der Waals surface area contributed by atoms with Crippen LogP contribution in [0.1, 0.15) is 115 Å². The molecular formula is C47H63N3O10S2. The quantitative estimate of drug-likeness (QED) is 0.0510. The van der Waals surface area contributed by atoms with E-state index in [1.54, 1.807) is 21.1 Å². The number of aliphatic hydroxyl groups is 2. The number of carboxylic acid groups (broad SMARTS) is 1. The van der Waals surface area contributed by atoms with Crippen LogP contribution in [0.25, 0.3) is 11.1 Å². The van der Waals surface area contributed by atoms with Gasteiger partial charge in [-0.15, -0.1) is 0 Å². The number of aryl methyl sites for hydroxylation is 1. The number of aromatic nitrogens is 2. The molecule has 2 aliphatic rings. The zero-order valence-electron chi connectivity index (χ0n) is 36.4. The van der Waals surface area contributed by atoms with Gasteiger partial charge in [-0.05, 0) is 123 Å². The maximum atomic E-state index is 11.7. The third kappa shape index (κ3) is 13.5. The summed E-state index contributed by atoms with van der Waals surface area (Å²) in [6.45, 7) is 7.53. The Kier molecular flexibility index (Phi) is 19.2. The number of nitrogens with zero attached hydrogens (tertiary/aromatic N) is 2. The Morgan fingerprint density at radius 3 is 1.74 bits per heavy atom. The van der Waals surface area contributed by atoms with Crippen molar-refractivity contribution in [2.24, 2.45) is 0 Å². The zero-order chi connectivity index (χ0) is 42.8. The van der Waals surface area contributed by atoms with Crippen LogP contribution in [0.4, 0.5) is 0 Å². The molecule has 2 aromatic carbocycles. The van der Waals surface area contributed by atoms with Crippen molar-refractivity contribution >= 4 is 38.9 Å². The lowest BCUT2D eigenvalue weighted by atomic mass is 9.92. The van der Waals surface area contributed by atoms with E-state index in [0.29, 0.717) is 74.4 Å². The van der Waals surface area contributed by atoms with E-state index in [0.717, 1.165) is 81.3 Å². The minimum atomic E-state index is -1.01. The Morgan fingerprint density at radius 2 is 1.26 bits per heavy atom. The predicted octanol–water partition coefficient (Wildman–Crippen LogP) is 7.48. The van der Waals surface area contributed by atoms with E-state index >= 15 is 0 Å². The van der Waals surface area contributed by atoms with E-state index < -0.39 is 24.1 Å². The monoisotopic (exact) mass is 893 g/mol. The Bertz CT molecular complexity index is 2130. The first kappa shape index (κ1) is 50.1. The highest BCUT2D eigenvalue weighted by Gasteiger charge is 2.31. The second-order valence-corrected chi connectivity index (χ2v) is 15.8. The molecule has 0 bridgehead atoms. The highest BCUT2D eigenvalue weighted by Crippen LogP contribution is 2.47. The standard InChI is InChI=1S/C47H59N3O10.2H2S/c1-6-58-43(55)23-37(52)25-48-24-35-21-41(31-18-19-31)47(50-45(35)57-5)60-27-34-12-9-15-39(29(34)3)38-14-8-11-33(28(38)2)26-59-46-40(30-16-17-30)20-32(44(49-46)56-4)10-7-13-36(51)22-42(53)54;;/h8-9,11-12,14-15,20-21,30-31,36-37,48,51-52H,6-7,10,13,16-19,22-27H2,1-5H3,(H,53,54);2*1H2/t36-,37+;;/m1../s1. The average Bonchev–Trinajstić information content (AvgIpc) is 4.16. The molecule has 4 N–H and O–H groups in total. The predicted molar refractivity (Wildman–Crippen MR) is 246 cm³/mol. The number of pyridine rings is 2. The maximum Gasteiger partial charge on any atom is 0.308 e. The van der Waals surface area contributed by atoms with Crippen LogP contribution in [-0.2, 0) is 40.5 Å². The van der Waals surface area contributed by atoms with Gasteiger partial charge in [0.1, 0.15) is 13.2 Å². The first-order chi connectivity index (χ1) is 29.0. The highest BCUT2D eigenvalue weighted by molar-refractivity contribution is 7.59. The van der Waals surface area contributed by atoms with Crippen molar-refractivity contribution in [3.05, 3.63) is 93.0 Å². The molecule has 0 saturated heterocycles. The van der Waals surface area contributed by atoms with Gasteiger partial charge in [0.05, 0.1) is 45.9 Å². The van der Waals surface area contributed by atoms with Crippen molar-refractivity contribution in [3.8, 4) is 34.6 Å². The Morgan fingerprint density at radius 1 is 0.742 bits per heavy atom.